The van der Waals surface area contributed by atoms with E-state index in [9.17, 15) is 9.59 Å². The molecule has 0 N–H and O–H groups in total. The van der Waals surface area contributed by atoms with E-state index in [0.29, 0.717) is 11.1 Å². The molecule has 0 bridgehead atoms. The monoisotopic (exact) mass is 218 g/mol. The number of esters is 1. The zero-order valence-corrected chi connectivity index (χ0v) is 9.61. The number of hydrogen-bond acceptors (Lipinski definition) is 3. The molecule has 0 heterocycles. The Bertz CT molecular complexity index is 427. The quantitative estimate of drug-likeness (QED) is 0.444. The maximum absolute atomic E-state index is 11.1. The van der Waals surface area contributed by atoms with Crippen LogP contribution in [0.2, 0.25) is 0 Å². The molecule has 0 fully saturated rings. The summed E-state index contributed by atoms with van der Waals surface area (Å²) < 4.78 is 4.58. The maximum Gasteiger partial charge on any atom is 0.333 e. The fraction of sp³-hybridized carbons (Fsp3) is 0.231. The van der Waals surface area contributed by atoms with Crippen molar-refractivity contribution < 1.29 is 14.3 Å². The Morgan fingerprint density at radius 3 is 2.12 bits per heavy atom. The Labute approximate surface area is 94.7 Å². The average Bonchev–Trinajstić information content (AvgIpc) is 2.28. The smallest absolute Gasteiger partial charge is 0.333 e. The molecule has 1 rings (SSSR count). The molecule has 1 aromatic carbocycles. The standard InChI is InChI=1S/C13H14O3/c1-9(13(15)16-3)8-11-4-6-12(7-5-11)10(2)14/h4-8H,1-3H3/b9-8+. The van der Waals surface area contributed by atoms with Gasteiger partial charge in [-0.05, 0) is 25.5 Å². The van der Waals surface area contributed by atoms with Crippen LogP contribution in [-0.2, 0) is 9.53 Å². The summed E-state index contributed by atoms with van der Waals surface area (Å²) in [6.45, 7) is 3.20. The molecule has 0 spiro atoms. The van der Waals surface area contributed by atoms with Crippen molar-refractivity contribution in [2.75, 3.05) is 7.11 Å². The van der Waals surface area contributed by atoms with Gasteiger partial charge in [-0.3, -0.25) is 4.79 Å². The van der Waals surface area contributed by atoms with Crippen molar-refractivity contribution in [1.29, 1.82) is 0 Å². The predicted molar refractivity (Wildman–Crippen MR) is 62.1 cm³/mol. The summed E-state index contributed by atoms with van der Waals surface area (Å²) >= 11 is 0. The summed E-state index contributed by atoms with van der Waals surface area (Å²) in [6.07, 6.45) is 1.72. The molecule has 84 valence electrons. The third kappa shape index (κ3) is 3.05. The summed E-state index contributed by atoms with van der Waals surface area (Å²) in [5, 5.41) is 0. The van der Waals surface area contributed by atoms with E-state index in [2.05, 4.69) is 4.74 Å². The van der Waals surface area contributed by atoms with Crippen molar-refractivity contribution in [2.24, 2.45) is 0 Å². The van der Waals surface area contributed by atoms with E-state index in [4.69, 9.17) is 0 Å². The highest BCUT2D eigenvalue weighted by atomic mass is 16.5. The van der Waals surface area contributed by atoms with Crippen LogP contribution in [0.5, 0.6) is 0 Å². The molecular formula is C13H14O3. The van der Waals surface area contributed by atoms with Crippen LogP contribution in [0.4, 0.5) is 0 Å². The number of carbonyl (C=O) groups excluding carboxylic acids is 2. The zero-order valence-electron chi connectivity index (χ0n) is 9.61. The van der Waals surface area contributed by atoms with Crippen LogP contribution >= 0.6 is 0 Å². The third-order valence-electron chi connectivity index (χ3n) is 2.21. The van der Waals surface area contributed by atoms with Gasteiger partial charge < -0.3 is 4.74 Å². The van der Waals surface area contributed by atoms with E-state index >= 15 is 0 Å². The first-order valence-corrected chi connectivity index (χ1v) is 4.92. The summed E-state index contributed by atoms with van der Waals surface area (Å²) in [6, 6.07) is 7.06. The molecule has 0 unspecified atom stereocenters. The second-order valence-electron chi connectivity index (χ2n) is 3.50. The molecule has 1 aromatic rings. The van der Waals surface area contributed by atoms with E-state index in [1.54, 1.807) is 37.3 Å². The van der Waals surface area contributed by atoms with Gasteiger partial charge in [-0.2, -0.15) is 0 Å². The van der Waals surface area contributed by atoms with Gasteiger partial charge in [0.15, 0.2) is 5.78 Å². The van der Waals surface area contributed by atoms with Gasteiger partial charge in [-0.25, -0.2) is 4.79 Å². The van der Waals surface area contributed by atoms with Crippen LogP contribution in [0, 0.1) is 0 Å². The number of carbonyl (C=O) groups is 2. The Morgan fingerprint density at radius 1 is 1.12 bits per heavy atom. The van der Waals surface area contributed by atoms with Crippen molar-refractivity contribution in [2.45, 2.75) is 13.8 Å². The van der Waals surface area contributed by atoms with E-state index in [-0.39, 0.29) is 11.8 Å². The van der Waals surface area contributed by atoms with Crippen LogP contribution in [0.15, 0.2) is 29.8 Å². The van der Waals surface area contributed by atoms with E-state index in [1.165, 1.54) is 14.0 Å². The lowest BCUT2D eigenvalue weighted by Gasteiger charge is -2.00. The van der Waals surface area contributed by atoms with Gasteiger partial charge in [0.05, 0.1) is 7.11 Å². The fourth-order valence-corrected chi connectivity index (χ4v) is 1.28. The lowest BCUT2D eigenvalue weighted by atomic mass is 10.1. The number of benzene rings is 1. The van der Waals surface area contributed by atoms with Crippen molar-refractivity contribution >= 4 is 17.8 Å². The summed E-state index contributed by atoms with van der Waals surface area (Å²) in [4.78, 5) is 22.2. The molecule has 0 aliphatic rings. The third-order valence-corrected chi connectivity index (χ3v) is 2.21. The minimum Gasteiger partial charge on any atom is -0.466 e. The number of hydrogen-bond donors (Lipinski definition) is 0. The van der Waals surface area contributed by atoms with Crippen LogP contribution in [0.3, 0.4) is 0 Å². The molecule has 0 aliphatic carbocycles. The van der Waals surface area contributed by atoms with Crippen molar-refractivity contribution in [1.82, 2.24) is 0 Å². The van der Waals surface area contributed by atoms with Crippen LogP contribution in [0.1, 0.15) is 29.8 Å². The second kappa shape index (κ2) is 5.26. The molecular weight excluding hydrogens is 204 g/mol. The van der Waals surface area contributed by atoms with Crippen LogP contribution in [-0.4, -0.2) is 18.9 Å². The molecule has 0 radical (unpaired) electrons. The number of rotatable bonds is 3. The fourth-order valence-electron chi connectivity index (χ4n) is 1.28. The lowest BCUT2D eigenvalue weighted by molar-refractivity contribution is -0.135. The highest BCUT2D eigenvalue weighted by molar-refractivity contribution is 5.95. The van der Waals surface area contributed by atoms with Gasteiger partial charge in [0, 0.05) is 11.1 Å². The summed E-state index contributed by atoms with van der Waals surface area (Å²) in [5.41, 5.74) is 2.05. The zero-order chi connectivity index (χ0) is 12.1. The van der Waals surface area contributed by atoms with Gasteiger partial charge in [-0.15, -0.1) is 0 Å². The normalized spacial score (nSPS) is 11.1. The molecule has 0 amide bonds. The second-order valence-corrected chi connectivity index (χ2v) is 3.50. The van der Waals surface area contributed by atoms with Crippen molar-refractivity contribution in [3.63, 3.8) is 0 Å². The highest BCUT2D eigenvalue weighted by Gasteiger charge is 2.03. The van der Waals surface area contributed by atoms with Gasteiger partial charge in [-0.1, -0.05) is 24.3 Å². The Hall–Kier alpha value is -1.90. The number of ketones is 1. The maximum atomic E-state index is 11.1. The highest BCUT2D eigenvalue weighted by Crippen LogP contribution is 2.10. The first-order valence-electron chi connectivity index (χ1n) is 4.92. The molecule has 0 aromatic heterocycles. The number of Topliss-reactive ketones (excluding diaryl/α,β-unsaturated/α-hetero) is 1. The molecule has 0 aliphatic heterocycles. The lowest BCUT2D eigenvalue weighted by Crippen LogP contribution is -2.01. The van der Waals surface area contributed by atoms with Crippen molar-refractivity contribution in [3.8, 4) is 0 Å². The molecule has 3 nitrogen and oxygen atoms in total. The Morgan fingerprint density at radius 2 is 1.69 bits per heavy atom. The summed E-state index contributed by atoms with van der Waals surface area (Å²) in [7, 11) is 1.35. The molecule has 0 saturated heterocycles. The molecule has 0 saturated carbocycles. The average molecular weight is 218 g/mol. The van der Waals surface area contributed by atoms with Crippen LogP contribution in [0.25, 0.3) is 6.08 Å². The molecule has 3 heteroatoms. The number of ether oxygens (including phenoxy) is 1. The first-order chi connectivity index (χ1) is 7.54. The van der Waals surface area contributed by atoms with Gasteiger partial charge in [0.1, 0.15) is 0 Å². The largest absolute Gasteiger partial charge is 0.466 e. The van der Waals surface area contributed by atoms with Crippen LogP contribution < -0.4 is 0 Å². The molecule has 0 atom stereocenters. The van der Waals surface area contributed by atoms with Gasteiger partial charge >= 0.3 is 5.97 Å². The minimum atomic E-state index is -0.351. The molecule has 16 heavy (non-hydrogen) atoms. The SMILES string of the molecule is COC(=O)/C(C)=C/c1ccc(C(C)=O)cc1. The summed E-state index contributed by atoms with van der Waals surface area (Å²) in [5.74, 6) is -0.323. The first kappa shape index (κ1) is 12.2. The topological polar surface area (TPSA) is 43.4 Å². The van der Waals surface area contributed by atoms with E-state index in [1.807, 2.05) is 0 Å². The predicted octanol–water partition coefficient (Wildman–Crippen LogP) is 2.47. The number of methoxy groups -OCH3 is 1. The Kier molecular flexibility index (Phi) is 4.00. The minimum absolute atomic E-state index is 0.0280. The van der Waals surface area contributed by atoms with E-state index in [0.717, 1.165) is 5.56 Å². The van der Waals surface area contributed by atoms with Gasteiger partial charge in [0.2, 0.25) is 0 Å². The van der Waals surface area contributed by atoms with E-state index < -0.39 is 0 Å². The van der Waals surface area contributed by atoms with Crippen molar-refractivity contribution in [3.05, 3.63) is 41.0 Å². The Balaban J connectivity index is 2.91. The van der Waals surface area contributed by atoms with Gasteiger partial charge in [0.25, 0.3) is 0 Å².